The quantitative estimate of drug-likeness (QED) is 0.825. The van der Waals surface area contributed by atoms with Crippen LogP contribution in [0.1, 0.15) is 30.4 Å². The number of β-amino-alcohol motifs (C(OH)–C–C–N with tert-alkyl or cyclic N) is 1. The van der Waals surface area contributed by atoms with Gasteiger partial charge in [-0.25, -0.2) is 4.39 Å². The Labute approximate surface area is 146 Å². The number of aromatic nitrogens is 2. The van der Waals surface area contributed by atoms with Crippen LogP contribution in [0, 0.1) is 5.82 Å². The zero-order valence-electron chi connectivity index (χ0n) is 14.1. The molecule has 1 aliphatic rings. The summed E-state index contributed by atoms with van der Waals surface area (Å²) in [5.41, 5.74) is 6.21. The summed E-state index contributed by atoms with van der Waals surface area (Å²) in [6.45, 7) is 2.53. The summed E-state index contributed by atoms with van der Waals surface area (Å²) >= 11 is 0. The third kappa shape index (κ3) is 4.87. The van der Waals surface area contributed by atoms with Crippen LogP contribution in [-0.4, -0.2) is 44.4 Å². The second kappa shape index (κ2) is 7.33. The van der Waals surface area contributed by atoms with E-state index in [-0.39, 0.29) is 12.2 Å². The Morgan fingerprint density at radius 1 is 1.28 bits per heavy atom. The average molecular weight is 346 g/mol. The molecule has 1 fully saturated rings. The number of likely N-dealkylation sites (tertiary alicyclic amines) is 1. The Kier molecular flexibility index (Phi) is 5.15. The topological polar surface area (TPSA) is 84.4 Å². The molecule has 2 heterocycles. The Morgan fingerprint density at radius 3 is 2.76 bits per heavy atom. The zero-order chi connectivity index (χ0) is 17.9. The highest BCUT2D eigenvalue weighted by molar-refractivity contribution is 5.75. The Hall–Kier alpha value is -2.25. The maximum atomic E-state index is 13.0. The van der Waals surface area contributed by atoms with Crippen LogP contribution in [-0.2, 0) is 17.9 Å². The molecule has 1 atom stereocenters. The number of nitrogens with zero attached hydrogens (tertiary/aromatic N) is 3. The molecule has 3 N–H and O–H groups in total. The lowest BCUT2D eigenvalue weighted by atomic mass is 9.89. The minimum atomic E-state index is -1.03. The number of halogens is 1. The first-order valence-electron chi connectivity index (χ1n) is 8.41. The summed E-state index contributed by atoms with van der Waals surface area (Å²) in [5.74, 6) is -0.727. The molecule has 1 aromatic heterocycles. The molecule has 6 nitrogen and oxygen atoms in total. The van der Waals surface area contributed by atoms with Gasteiger partial charge in [-0.05, 0) is 37.1 Å². The monoisotopic (exact) mass is 346 g/mol. The van der Waals surface area contributed by atoms with E-state index < -0.39 is 11.5 Å². The van der Waals surface area contributed by atoms with Crippen molar-refractivity contribution in [3.05, 3.63) is 53.6 Å². The molecular formula is C18H23FN4O2. The SMILES string of the molecule is NC(=O)CC1(O)CCCN(Cc2cnn(Cc3ccc(F)cc3)c2)C1. The highest BCUT2D eigenvalue weighted by Gasteiger charge is 2.34. The van der Waals surface area contributed by atoms with Crippen molar-refractivity contribution in [2.45, 2.75) is 38.0 Å². The highest BCUT2D eigenvalue weighted by atomic mass is 19.1. The number of nitrogens with two attached hydrogens (primary N) is 1. The van der Waals surface area contributed by atoms with Gasteiger partial charge in [0, 0.05) is 24.8 Å². The van der Waals surface area contributed by atoms with Crippen LogP contribution in [0.3, 0.4) is 0 Å². The molecule has 1 amide bonds. The number of amides is 1. The third-order valence-electron chi connectivity index (χ3n) is 4.49. The van der Waals surface area contributed by atoms with E-state index in [1.165, 1.54) is 12.1 Å². The van der Waals surface area contributed by atoms with Crippen LogP contribution >= 0.6 is 0 Å². The van der Waals surface area contributed by atoms with Crippen molar-refractivity contribution < 1.29 is 14.3 Å². The van der Waals surface area contributed by atoms with Crippen molar-refractivity contribution in [3.63, 3.8) is 0 Å². The van der Waals surface area contributed by atoms with Gasteiger partial charge in [-0.3, -0.25) is 14.4 Å². The van der Waals surface area contributed by atoms with Crippen LogP contribution in [0.15, 0.2) is 36.7 Å². The molecule has 1 saturated heterocycles. The van der Waals surface area contributed by atoms with E-state index in [1.54, 1.807) is 18.3 Å². The normalized spacial score (nSPS) is 21.4. The summed E-state index contributed by atoms with van der Waals surface area (Å²) in [5, 5.41) is 14.9. The maximum absolute atomic E-state index is 13.0. The van der Waals surface area contributed by atoms with Crippen LogP contribution in [0.4, 0.5) is 4.39 Å². The lowest BCUT2D eigenvalue weighted by molar-refractivity contribution is -0.125. The van der Waals surface area contributed by atoms with Crippen LogP contribution in [0.5, 0.6) is 0 Å². The van der Waals surface area contributed by atoms with Gasteiger partial charge in [-0.15, -0.1) is 0 Å². The predicted octanol–water partition coefficient (Wildman–Crippen LogP) is 1.27. The third-order valence-corrected chi connectivity index (χ3v) is 4.49. The Morgan fingerprint density at radius 2 is 2.04 bits per heavy atom. The standard InChI is InChI=1S/C18H23FN4O2/c19-16-4-2-14(3-5-16)11-23-12-15(9-21-23)10-22-7-1-6-18(25,13-22)8-17(20)24/h2-5,9,12,25H,1,6-8,10-11,13H2,(H2,20,24). The smallest absolute Gasteiger partial charge is 0.220 e. The molecule has 0 bridgehead atoms. The average Bonchev–Trinajstić information content (AvgIpc) is 2.95. The maximum Gasteiger partial charge on any atom is 0.220 e. The molecule has 1 aliphatic heterocycles. The number of rotatable bonds is 6. The summed E-state index contributed by atoms with van der Waals surface area (Å²) in [7, 11) is 0. The molecule has 2 aromatic rings. The van der Waals surface area contributed by atoms with E-state index >= 15 is 0 Å². The van der Waals surface area contributed by atoms with Crippen molar-refractivity contribution in [2.75, 3.05) is 13.1 Å². The van der Waals surface area contributed by atoms with E-state index in [0.717, 1.165) is 24.1 Å². The van der Waals surface area contributed by atoms with E-state index in [9.17, 15) is 14.3 Å². The first-order valence-corrected chi connectivity index (χ1v) is 8.41. The molecule has 0 radical (unpaired) electrons. The molecule has 134 valence electrons. The summed E-state index contributed by atoms with van der Waals surface area (Å²) in [6.07, 6.45) is 5.16. The molecule has 7 heteroatoms. The van der Waals surface area contributed by atoms with Gasteiger partial charge in [0.15, 0.2) is 0 Å². The van der Waals surface area contributed by atoms with Crippen molar-refractivity contribution >= 4 is 5.91 Å². The van der Waals surface area contributed by atoms with Gasteiger partial charge in [0.1, 0.15) is 5.82 Å². The fourth-order valence-electron chi connectivity index (χ4n) is 3.42. The highest BCUT2D eigenvalue weighted by Crippen LogP contribution is 2.25. The largest absolute Gasteiger partial charge is 0.388 e. The first kappa shape index (κ1) is 17.6. The van der Waals surface area contributed by atoms with Gasteiger partial charge >= 0.3 is 0 Å². The number of benzene rings is 1. The zero-order valence-corrected chi connectivity index (χ0v) is 14.1. The second-order valence-corrected chi connectivity index (χ2v) is 6.85. The first-order chi connectivity index (χ1) is 11.9. The molecule has 0 aliphatic carbocycles. The van der Waals surface area contributed by atoms with Crippen LogP contribution in [0.2, 0.25) is 0 Å². The summed E-state index contributed by atoms with van der Waals surface area (Å²) in [4.78, 5) is 13.3. The Balaban J connectivity index is 1.59. The van der Waals surface area contributed by atoms with Gasteiger partial charge in [0.05, 0.1) is 24.8 Å². The molecule has 1 unspecified atom stereocenters. The molecule has 3 rings (SSSR count). The minimum Gasteiger partial charge on any atom is -0.388 e. The number of hydrogen-bond donors (Lipinski definition) is 2. The second-order valence-electron chi connectivity index (χ2n) is 6.85. The molecule has 25 heavy (non-hydrogen) atoms. The van der Waals surface area contributed by atoms with E-state index in [1.807, 2.05) is 10.9 Å². The molecular weight excluding hydrogens is 323 g/mol. The number of piperidine rings is 1. The number of aliphatic hydroxyl groups is 1. The van der Waals surface area contributed by atoms with Crippen LogP contribution < -0.4 is 5.73 Å². The van der Waals surface area contributed by atoms with Crippen molar-refractivity contribution in [2.24, 2.45) is 5.73 Å². The van der Waals surface area contributed by atoms with E-state index in [4.69, 9.17) is 5.73 Å². The van der Waals surface area contributed by atoms with E-state index in [2.05, 4.69) is 10.00 Å². The van der Waals surface area contributed by atoms with Gasteiger partial charge in [-0.2, -0.15) is 5.10 Å². The lowest BCUT2D eigenvalue weighted by Gasteiger charge is -2.38. The molecule has 1 aromatic carbocycles. The van der Waals surface area contributed by atoms with E-state index in [0.29, 0.717) is 26.1 Å². The van der Waals surface area contributed by atoms with Gasteiger partial charge in [0.25, 0.3) is 0 Å². The fourth-order valence-corrected chi connectivity index (χ4v) is 3.42. The van der Waals surface area contributed by atoms with Crippen molar-refractivity contribution in [3.8, 4) is 0 Å². The number of primary amides is 1. The number of carbonyl (C=O) groups is 1. The minimum absolute atomic E-state index is 0.00662. The van der Waals surface area contributed by atoms with Gasteiger partial charge in [0.2, 0.25) is 5.91 Å². The molecule has 0 saturated carbocycles. The predicted molar refractivity (Wildman–Crippen MR) is 91.0 cm³/mol. The van der Waals surface area contributed by atoms with Crippen molar-refractivity contribution in [1.29, 1.82) is 0 Å². The number of hydrogen-bond acceptors (Lipinski definition) is 4. The van der Waals surface area contributed by atoms with Crippen molar-refractivity contribution in [1.82, 2.24) is 14.7 Å². The number of carbonyl (C=O) groups excluding carboxylic acids is 1. The summed E-state index contributed by atoms with van der Waals surface area (Å²) < 4.78 is 14.8. The Bertz CT molecular complexity index is 731. The summed E-state index contributed by atoms with van der Waals surface area (Å²) in [6, 6.07) is 6.36. The molecule has 0 spiro atoms. The fraction of sp³-hybridized carbons (Fsp3) is 0.444. The van der Waals surface area contributed by atoms with Crippen LogP contribution in [0.25, 0.3) is 0 Å². The van der Waals surface area contributed by atoms with Gasteiger partial charge < -0.3 is 10.8 Å². The lowest BCUT2D eigenvalue weighted by Crippen LogP contribution is -2.49. The van der Waals surface area contributed by atoms with Gasteiger partial charge in [-0.1, -0.05) is 12.1 Å².